The van der Waals surface area contributed by atoms with E-state index in [1.165, 1.54) is 5.56 Å². The number of aromatic nitrogens is 1. The fourth-order valence-electron chi connectivity index (χ4n) is 5.74. The Balaban J connectivity index is 1.38. The number of hydrogen-bond acceptors (Lipinski definition) is 9. The molecule has 2 aliphatic heterocycles. The van der Waals surface area contributed by atoms with Crippen molar-refractivity contribution in [2.75, 3.05) is 64.3 Å². The quantitative estimate of drug-likeness (QED) is 0.296. The minimum atomic E-state index is -1.30. The van der Waals surface area contributed by atoms with E-state index in [-0.39, 0.29) is 17.6 Å². The molecule has 0 bridgehead atoms. The topological polar surface area (TPSA) is 107 Å². The molecule has 0 spiro atoms. The summed E-state index contributed by atoms with van der Waals surface area (Å²) in [5, 5.41) is 13.6. The summed E-state index contributed by atoms with van der Waals surface area (Å²) in [6.07, 6.45) is 3.47. The van der Waals surface area contributed by atoms with Gasteiger partial charge in [-0.3, -0.25) is 19.4 Å². The van der Waals surface area contributed by atoms with Gasteiger partial charge in [0.1, 0.15) is 0 Å². The third-order valence-corrected chi connectivity index (χ3v) is 8.04. The van der Waals surface area contributed by atoms with Crippen LogP contribution in [0.3, 0.4) is 0 Å². The Morgan fingerprint density at radius 2 is 1.74 bits per heavy atom. The summed E-state index contributed by atoms with van der Waals surface area (Å²) < 4.78 is 10.8. The molecule has 2 fully saturated rings. The van der Waals surface area contributed by atoms with E-state index >= 15 is 0 Å². The number of ether oxygens (including phenoxy) is 2. The minimum Gasteiger partial charge on any atom is -0.465 e. The van der Waals surface area contributed by atoms with E-state index in [4.69, 9.17) is 9.47 Å². The highest BCUT2D eigenvalue weighted by Gasteiger charge is 2.29. The summed E-state index contributed by atoms with van der Waals surface area (Å²) in [6, 6.07) is 10.1. The molecule has 2 aromatic rings. The number of piperazine rings is 1. The molecule has 3 heterocycles. The smallest absolute Gasteiger partial charge is 0.320 e. The number of aliphatic hydroxyl groups is 1. The molecule has 10 heteroatoms. The Labute approximate surface area is 256 Å². The van der Waals surface area contributed by atoms with Crippen LogP contribution in [0.5, 0.6) is 0 Å². The van der Waals surface area contributed by atoms with Crippen molar-refractivity contribution in [3.8, 4) is 11.1 Å². The Morgan fingerprint density at radius 3 is 2.40 bits per heavy atom. The van der Waals surface area contributed by atoms with Crippen molar-refractivity contribution in [1.82, 2.24) is 19.7 Å². The number of carbonyl (C=O) groups excluding carboxylic acids is 2. The zero-order valence-corrected chi connectivity index (χ0v) is 26.5. The number of amides is 1. The van der Waals surface area contributed by atoms with Gasteiger partial charge >= 0.3 is 5.97 Å². The van der Waals surface area contributed by atoms with Crippen LogP contribution in [-0.2, 0) is 20.7 Å². The third-order valence-electron chi connectivity index (χ3n) is 8.04. The normalized spacial score (nSPS) is 18.0. The van der Waals surface area contributed by atoms with E-state index in [1.54, 1.807) is 6.20 Å². The number of aliphatic hydroxyl groups excluding tert-OH is 1. The lowest BCUT2D eigenvalue weighted by atomic mass is 9.96. The first kappa shape index (κ1) is 32.9. The van der Waals surface area contributed by atoms with Crippen LogP contribution in [0, 0.1) is 5.92 Å². The van der Waals surface area contributed by atoms with Gasteiger partial charge in [-0.05, 0) is 83.2 Å². The number of piperidine rings is 1. The van der Waals surface area contributed by atoms with Crippen LogP contribution in [0.2, 0.25) is 0 Å². The van der Waals surface area contributed by atoms with Crippen LogP contribution >= 0.6 is 0 Å². The molecule has 1 aromatic carbocycles. The van der Waals surface area contributed by atoms with Gasteiger partial charge in [-0.25, -0.2) is 4.98 Å². The van der Waals surface area contributed by atoms with E-state index in [0.717, 1.165) is 63.1 Å². The number of aryl methyl sites for hydroxylation is 1. The van der Waals surface area contributed by atoms with Crippen molar-refractivity contribution in [2.24, 2.45) is 5.92 Å². The first-order valence-corrected chi connectivity index (χ1v) is 15.7. The molecule has 0 radical (unpaired) electrons. The lowest BCUT2D eigenvalue weighted by molar-refractivity contribution is -0.148. The second kappa shape index (κ2) is 15.1. The zero-order valence-electron chi connectivity index (χ0n) is 26.5. The molecule has 4 rings (SSSR count). The van der Waals surface area contributed by atoms with Crippen molar-refractivity contribution >= 4 is 17.6 Å². The van der Waals surface area contributed by atoms with Gasteiger partial charge in [0.15, 0.2) is 5.69 Å². The van der Waals surface area contributed by atoms with Crippen molar-refractivity contribution in [2.45, 2.75) is 65.9 Å². The second-order valence-electron chi connectivity index (χ2n) is 12.5. The predicted octanol–water partition coefficient (Wildman–Crippen LogP) is 3.85. The highest BCUT2D eigenvalue weighted by Crippen LogP contribution is 2.27. The highest BCUT2D eigenvalue weighted by atomic mass is 16.6. The number of nitrogens with zero attached hydrogens (tertiary/aromatic N) is 4. The summed E-state index contributed by atoms with van der Waals surface area (Å²) in [5.41, 5.74) is 3.21. The molecule has 43 heavy (non-hydrogen) atoms. The van der Waals surface area contributed by atoms with Gasteiger partial charge in [-0.1, -0.05) is 31.2 Å². The van der Waals surface area contributed by atoms with E-state index in [9.17, 15) is 14.7 Å². The SMILES string of the molecule is CCOC(=O)CN1CCC(CN2CCN(C(=O)c3ncc(-c4cccc(CC)c4)cc3NC(O)OC(C)(C)C)CC2)CC1. The number of esters is 1. The van der Waals surface area contributed by atoms with Gasteiger partial charge in [-0.2, -0.15) is 0 Å². The van der Waals surface area contributed by atoms with E-state index in [2.05, 4.69) is 39.2 Å². The van der Waals surface area contributed by atoms with Crippen LogP contribution in [0.25, 0.3) is 11.1 Å². The number of pyridine rings is 1. The number of hydrogen-bond donors (Lipinski definition) is 2. The fourth-order valence-corrected chi connectivity index (χ4v) is 5.74. The minimum absolute atomic E-state index is 0.147. The first-order valence-electron chi connectivity index (χ1n) is 15.7. The molecule has 1 amide bonds. The summed E-state index contributed by atoms with van der Waals surface area (Å²) in [7, 11) is 0. The van der Waals surface area contributed by atoms with Crippen molar-refractivity contribution in [3.05, 3.63) is 47.8 Å². The Morgan fingerprint density at radius 1 is 1.02 bits per heavy atom. The summed E-state index contributed by atoms with van der Waals surface area (Å²) in [5.74, 6) is 0.277. The Kier molecular flexibility index (Phi) is 11.5. The third kappa shape index (κ3) is 9.72. The summed E-state index contributed by atoms with van der Waals surface area (Å²) >= 11 is 0. The molecule has 236 valence electrons. The lowest BCUT2D eigenvalue weighted by Crippen LogP contribution is -2.51. The molecule has 0 saturated carbocycles. The van der Waals surface area contributed by atoms with Gasteiger partial charge in [0, 0.05) is 44.5 Å². The van der Waals surface area contributed by atoms with Crippen LogP contribution < -0.4 is 5.32 Å². The number of carbonyl (C=O) groups is 2. The monoisotopic (exact) mass is 595 g/mol. The maximum Gasteiger partial charge on any atom is 0.320 e. The van der Waals surface area contributed by atoms with Crippen molar-refractivity contribution in [3.63, 3.8) is 0 Å². The molecular formula is C33H49N5O5. The van der Waals surface area contributed by atoms with Crippen LogP contribution in [0.4, 0.5) is 5.69 Å². The second-order valence-corrected chi connectivity index (χ2v) is 12.5. The predicted molar refractivity (Wildman–Crippen MR) is 168 cm³/mol. The Bertz CT molecular complexity index is 1220. The number of likely N-dealkylation sites (tertiary alicyclic amines) is 1. The molecular weight excluding hydrogens is 546 g/mol. The summed E-state index contributed by atoms with van der Waals surface area (Å²) in [4.78, 5) is 36.6. The highest BCUT2D eigenvalue weighted by molar-refractivity contribution is 5.98. The van der Waals surface area contributed by atoms with Gasteiger partial charge < -0.3 is 24.8 Å². The average molecular weight is 596 g/mol. The van der Waals surface area contributed by atoms with Gasteiger partial charge in [0.25, 0.3) is 5.91 Å². The van der Waals surface area contributed by atoms with Crippen molar-refractivity contribution in [1.29, 1.82) is 0 Å². The van der Waals surface area contributed by atoms with Gasteiger partial charge in [0.05, 0.1) is 24.4 Å². The molecule has 1 unspecified atom stereocenters. The molecule has 10 nitrogen and oxygen atoms in total. The average Bonchev–Trinajstić information content (AvgIpc) is 2.97. The number of anilines is 1. The number of nitrogens with one attached hydrogen (secondary N) is 1. The van der Waals surface area contributed by atoms with Crippen LogP contribution in [-0.4, -0.2) is 108 Å². The zero-order chi connectivity index (χ0) is 31.0. The maximum absolute atomic E-state index is 13.7. The first-order chi connectivity index (χ1) is 20.5. The molecule has 2 aliphatic rings. The number of benzene rings is 1. The standard InChI is InChI=1S/C33H49N5O5/c1-6-24-9-8-10-26(19-24)27-20-28(35-32(41)43-33(3,4)5)30(34-21-27)31(40)38-17-15-37(16-18-38)22-25-11-13-36(14-12-25)23-29(39)42-7-2/h8-10,19-21,25,32,35,41H,6-7,11-18,22-23H2,1-5H3. The van der Waals surface area contributed by atoms with E-state index < -0.39 is 12.0 Å². The largest absolute Gasteiger partial charge is 0.465 e. The molecule has 1 aromatic heterocycles. The van der Waals surface area contributed by atoms with Crippen molar-refractivity contribution < 1.29 is 24.2 Å². The van der Waals surface area contributed by atoms with Gasteiger partial charge in [0.2, 0.25) is 6.41 Å². The maximum atomic E-state index is 13.7. The van der Waals surface area contributed by atoms with E-state index in [0.29, 0.717) is 37.8 Å². The summed E-state index contributed by atoms with van der Waals surface area (Å²) in [6.45, 7) is 16.0. The molecule has 0 aliphatic carbocycles. The number of rotatable bonds is 11. The molecule has 2 N–H and O–H groups in total. The lowest BCUT2D eigenvalue weighted by Gasteiger charge is -2.38. The van der Waals surface area contributed by atoms with E-state index in [1.807, 2.05) is 50.8 Å². The fraction of sp³-hybridized carbons (Fsp3) is 0.606. The van der Waals surface area contributed by atoms with Gasteiger partial charge in [-0.15, -0.1) is 0 Å². The Hall–Kier alpha value is -3.05. The van der Waals surface area contributed by atoms with Crippen LogP contribution in [0.15, 0.2) is 36.5 Å². The van der Waals surface area contributed by atoms with Crippen LogP contribution in [0.1, 0.15) is 63.5 Å². The molecule has 1 atom stereocenters. The molecule has 2 saturated heterocycles.